The molecule has 2 nitrogen and oxygen atoms in total. The summed E-state index contributed by atoms with van der Waals surface area (Å²) in [5.41, 5.74) is 0.929. The molecule has 0 bridgehead atoms. The summed E-state index contributed by atoms with van der Waals surface area (Å²) in [6.07, 6.45) is 1.71. The first-order chi connectivity index (χ1) is 9.24. The maximum Gasteiger partial charge on any atom is 0.129 e. The van der Waals surface area contributed by atoms with Crippen molar-refractivity contribution in [3.63, 3.8) is 0 Å². The molecule has 3 aromatic rings. The van der Waals surface area contributed by atoms with Gasteiger partial charge in [0.25, 0.3) is 0 Å². The molecule has 0 aliphatic heterocycles. The smallest absolute Gasteiger partial charge is 0.129 e. The van der Waals surface area contributed by atoms with Crippen molar-refractivity contribution in [1.29, 1.82) is 0 Å². The lowest BCUT2D eigenvalue weighted by atomic mass is 10.2. The monoisotopic (exact) mass is 308 g/mol. The maximum atomic E-state index is 6.38. The van der Waals surface area contributed by atoms with Crippen LogP contribution in [-0.4, -0.2) is 4.98 Å². The van der Waals surface area contributed by atoms with Gasteiger partial charge in [-0.05, 0) is 18.2 Å². The third kappa shape index (κ3) is 2.68. The third-order valence-electron chi connectivity index (χ3n) is 2.78. The highest BCUT2D eigenvalue weighted by atomic mass is 35.5. The van der Waals surface area contributed by atoms with Crippen molar-refractivity contribution in [2.75, 3.05) is 5.32 Å². The molecule has 0 saturated carbocycles. The first kappa shape index (κ1) is 12.7. The number of pyridine rings is 1. The molecule has 0 unspecified atom stereocenters. The van der Waals surface area contributed by atoms with Crippen molar-refractivity contribution in [3.8, 4) is 0 Å². The Morgan fingerprint density at radius 1 is 1.11 bits per heavy atom. The second kappa shape index (κ2) is 5.37. The molecular weight excluding hydrogens is 299 g/mol. The van der Waals surface area contributed by atoms with E-state index in [-0.39, 0.29) is 0 Å². The Kier molecular flexibility index (Phi) is 3.60. The van der Waals surface area contributed by atoms with Crippen LogP contribution < -0.4 is 5.32 Å². The van der Waals surface area contributed by atoms with E-state index in [4.69, 9.17) is 23.2 Å². The van der Waals surface area contributed by atoms with Crippen molar-refractivity contribution in [2.24, 2.45) is 0 Å². The SMILES string of the molecule is Clc1ccc(NCc2sc3ccccc3c2Cl)cn1. The topological polar surface area (TPSA) is 24.9 Å². The van der Waals surface area contributed by atoms with E-state index in [1.54, 1.807) is 23.6 Å². The summed E-state index contributed by atoms with van der Waals surface area (Å²) in [5.74, 6) is 0. The number of fused-ring (bicyclic) bond motifs is 1. The average molecular weight is 309 g/mol. The van der Waals surface area contributed by atoms with Gasteiger partial charge in [-0.3, -0.25) is 0 Å². The van der Waals surface area contributed by atoms with Crippen LogP contribution in [-0.2, 0) is 6.54 Å². The van der Waals surface area contributed by atoms with Crippen LogP contribution in [0.2, 0.25) is 10.2 Å². The minimum absolute atomic E-state index is 0.491. The molecule has 0 amide bonds. The fourth-order valence-electron chi connectivity index (χ4n) is 1.84. The number of rotatable bonds is 3. The molecule has 0 aliphatic carbocycles. The number of aromatic nitrogens is 1. The summed E-state index contributed by atoms with van der Waals surface area (Å²) in [6.45, 7) is 0.682. The standard InChI is InChI=1S/C14H10Cl2N2S/c15-13-6-5-9(7-18-13)17-8-12-14(16)10-3-1-2-4-11(10)19-12/h1-7,17H,8H2. The van der Waals surface area contributed by atoms with Crippen LogP contribution in [0.15, 0.2) is 42.6 Å². The summed E-state index contributed by atoms with van der Waals surface area (Å²) in [5, 5.41) is 5.73. The van der Waals surface area contributed by atoms with Crippen molar-refractivity contribution in [3.05, 3.63) is 57.6 Å². The number of hydrogen-bond acceptors (Lipinski definition) is 3. The van der Waals surface area contributed by atoms with Crippen molar-refractivity contribution in [2.45, 2.75) is 6.54 Å². The lowest BCUT2D eigenvalue weighted by Crippen LogP contribution is -1.98. The molecule has 5 heteroatoms. The molecule has 2 aromatic heterocycles. The van der Waals surface area contributed by atoms with Gasteiger partial charge < -0.3 is 5.32 Å². The van der Waals surface area contributed by atoms with E-state index in [1.807, 2.05) is 24.3 Å². The first-order valence-corrected chi connectivity index (χ1v) is 7.32. The van der Waals surface area contributed by atoms with Gasteiger partial charge in [-0.25, -0.2) is 4.98 Å². The molecular formula is C14H10Cl2N2S. The minimum atomic E-state index is 0.491. The lowest BCUT2D eigenvalue weighted by Gasteiger charge is -2.04. The van der Waals surface area contributed by atoms with E-state index in [9.17, 15) is 0 Å². The van der Waals surface area contributed by atoms with Gasteiger partial charge in [-0.2, -0.15) is 0 Å². The number of hydrogen-bond donors (Lipinski definition) is 1. The van der Waals surface area contributed by atoms with Crippen LogP contribution in [0.5, 0.6) is 0 Å². The second-order valence-corrected chi connectivity index (χ2v) is 5.96. The van der Waals surface area contributed by atoms with Gasteiger partial charge >= 0.3 is 0 Å². The summed E-state index contributed by atoms with van der Waals surface area (Å²) >= 11 is 13.8. The van der Waals surface area contributed by atoms with Crippen molar-refractivity contribution in [1.82, 2.24) is 4.98 Å². The Hall–Kier alpha value is -1.29. The van der Waals surface area contributed by atoms with Crippen LogP contribution in [0, 0.1) is 0 Å². The molecule has 0 atom stereocenters. The fraction of sp³-hybridized carbons (Fsp3) is 0.0714. The Morgan fingerprint density at radius 3 is 2.68 bits per heavy atom. The largest absolute Gasteiger partial charge is 0.379 e. The molecule has 1 aromatic carbocycles. The molecule has 0 aliphatic rings. The molecule has 2 heterocycles. The zero-order valence-corrected chi connectivity index (χ0v) is 12.2. The van der Waals surface area contributed by atoms with Crippen LogP contribution in [0.25, 0.3) is 10.1 Å². The molecule has 1 N–H and O–H groups in total. The van der Waals surface area contributed by atoms with Gasteiger partial charge in [0.1, 0.15) is 5.15 Å². The van der Waals surface area contributed by atoms with Crippen molar-refractivity contribution < 1.29 is 0 Å². The molecule has 0 saturated heterocycles. The minimum Gasteiger partial charge on any atom is -0.379 e. The molecule has 0 spiro atoms. The number of nitrogens with one attached hydrogen (secondary N) is 1. The zero-order valence-electron chi connectivity index (χ0n) is 9.86. The zero-order chi connectivity index (χ0) is 13.2. The molecule has 96 valence electrons. The predicted molar refractivity (Wildman–Crippen MR) is 83.4 cm³/mol. The highest BCUT2D eigenvalue weighted by Crippen LogP contribution is 2.35. The van der Waals surface area contributed by atoms with E-state index < -0.39 is 0 Å². The van der Waals surface area contributed by atoms with Gasteiger partial charge in [-0.15, -0.1) is 11.3 Å². The van der Waals surface area contributed by atoms with E-state index >= 15 is 0 Å². The van der Waals surface area contributed by atoms with Gasteiger partial charge in [0.15, 0.2) is 0 Å². The average Bonchev–Trinajstić information content (AvgIpc) is 2.76. The molecule has 19 heavy (non-hydrogen) atoms. The summed E-state index contributed by atoms with van der Waals surface area (Å²) in [4.78, 5) is 5.15. The number of anilines is 1. The summed E-state index contributed by atoms with van der Waals surface area (Å²) < 4.78 is 1.21. The van der Waals surface area contributed by atoms with E-state index in [1.165, 1.54) is 4.70 Å². The number of thiophene rings is 1. The van der Waals surface area contributed by atoms with Gasteiger partial charge in [0.2, 0.25) is 0 Å². The van der Waals surface area contributed by atoms with Crippen LogP contribution in [0.3, 0.4) is 0 Å². The number of halogens is 2. The number of nitrogens with zero attached hydrogens (tertiary/aromatic N) is 1. The maximum absolute atomic E-state index is 6.38. The summed E-state index contributed by atoms with van der Waals surface area (Å²) in [7, 11) is 0. The molecule has 0 radical (unpaired) electrons. The van der Waals surface area contributed by atoms with E-state index in [0.29, 0.717) is 11.7 Å². The normalized spacial score (nSPS) is 10.8. The van der Waals surface area contributed by atoms with Crippen LogP contribution in [0.4, 0.5) is 5.69 Å². The van der Waals surface area contributed by atoms with Gasteiger partial charge in [-0.1, -0.05) is 41.4 Å². The molecule has 3 rings (SSSR count). The highest BCUT2D eigenvalue weighted by molar-refractivity contribution is 7.19. The second-order valence-electron chi connectivity index (χ2n) is 4.06. The Bertz CT molecular complexity index is 707. The van der Waals surface area contributed by atoms with Crippen LogP contribution in [0.1, 0.15) is 4.88 Å². The van der Waals surface area contributed by atoms with Gasteiger partial charge in [0.05, 0.1) is 23.5 Å². The Balaban J connectivity index is 1.82. The quantitative estimate of drug-likeness (QED) is 0.671. The van der Waals surface area contributed by atoms with E-state index in [0.717, 1.165) is 21.0 Å². The molecule has 0 fully saturated rings. The highest BCUT2D eigenvalue weighted by Gasteiger charge is 2.09. The predicted octanol–water partition coefficient (Wildman–Crippen LogP) is 5.22. The Morgan fingerprint density at radius 2 is 1.95 bits per heavy atom. The van der Waals surface area contributed by atoms with Crippen molar-refractivity contribution >= 4 is 50.3 Å². The number of benzene rings is 1. The summed E-state index contributed by atoms with van der Waals surface area (Å²) in [6, 6.07) is 11.8. The lowest BCUT2D eigenvalue weighted by molar-refractivity contribution is 1.17. The van der Waals surface area contributed by atoms with Gasteiger partial charge in [0, 0.05) is 15.0 Å². The fourth-order valence-corrected chi connectivity index (χ4v) is 3.39. The first-order valence-electron chi connectivity index (χ1n) is 5.75. The van der Waals surface area contributed by atoms with Crippen LogP contribution >= 0.6 is 34.5 Å². The Labute approximate surface area is 125 Å². The third-order valence-corrected chi connectivity index (χ3v) is 4.72. The van der Waals surface area contributed by atoms with E-state index in [2.05, 4.69) is 16.4 Å².